The fraction of sp³-hybridized carbons (Fsp3) is 0.259. The van der Waals surface area contributed by atoms with Crippen LogP contribution in [0.5, 0.6) is 0 Å². The molecule has 2 amide bonds. The SMILES string of the molecule is CCCNC(=O)C(C)N(Cc1ccccc1)C(=O)CN(c1ccc(F)c(Cl)c1)S(=O)(=O)c1ccccc1. The van der Waals surface area contributed by atoms with Crippen molar-refractivity contribution in [1.82, 2.24) is 10.2 Å². The molecule has 1 N–H and O–H groups in total. The highest BCUT2D eigenvalue weighted by Gasteiger charge is 2.32. The second-order valence-electron chi connectivity index (χ2n) is 8.40. The van der Waals surface area contributed by atoms with Gasteiger partial charge in [0, 0.05) is 13.1 Å². The summed E-state index contributed by atoms with van der Waals surface area (Å²) >= 11 is 5.96. The van der Waals surface area contributed by atoms with E-state index in [1.54, 1.807) is 25.1 Å². The van der Waals surface area contributed by atoms with E-state index < -0.39 is 34.3 Å². The molecule has 196 valence electrons. The first-order chi connectivity index (χ1) is 17.6. The maximum Gasteiger partial charge on any atom is 0.264 e. The van der Waals surface area contributed by atoms with Crippen molar-refractivity contribution in [3.63, 3.8) is 0 Å². The van der Waals surface area contributed by atoms with Crippen LogP contribution in [0.25, 0.3) is 0 Å². The molecule has 0 spiro atoms. The Bertz CT molecular complexity index is 1320. The van der Waals surface area contributed by atoms with Crippen molar-refractivity contribution in [2.45, 2.75) is 37.8 Å². The number of hydrogen-bond acceptors (Lipinski definition) is 4. The zero-order chi connectivity index (χ0) is 27.0. The minimum atomic E-state index is -4.24. The molecule has 0 fully saturated rings. The molecule has 0 heterocycles. The summed E-state index contributed by atoms with van der Waals surface area (Å²) in [4.78, 5) is 27.8. The third-order valence-electron chi connectivity index (χ3n) is 5.71. The minimum absolute atomic E-state index is 0.0198. The lowest BCUT2D eigenvalue weighted by atomic mass is 10.1. The van der Waals surface area contributed by atoms with Crippen LogP contribution >= 0.6 is 11.6 Å². The Morgan fingerprint density at radius 1 is 1.00 bits per heavy atom. The number of rotatable bonds is 11. The number of hydrogen-bond donors (Lipinski definition) is 1. The normalized spacial score (nSPS) is 12.0. The molecule has 10 heteroatoms. The Hall–Kier alpha value is -3.43. The first kappa shape index (κ1) is 28.1. The summed E-state index contributed by atoms with van der Waals surface area (Å²) in [6.45, 7) is 3.41. The van der Waals surface area contributed by atoms with Gasteiger partial charge in [0.05, 0.1) is 15.6 Å². The highest BCUT2D eigenvalue weighted by atomic mass is 35.5. The lowest BCUT2D eigenvalue weighted by Gasteiger charge is -2.32. The maximum atomic E-state index is 13.9. The van der Waals surface area contributed by atoms with Crippen LogP contribution in [-0.4, -0.2) is 44.3 Å². The fourth-order valence-corrected chi connectivity index (χ4v) is 5.25. The van der Waals surface area contributed by atoms with E-state index in [4.69, 9.17) is 11.6 Å². The summed E-state index contributed by atoms with van der Waals surface area (Å²) < 4.78 is 42.0. The molecule has 0 aromatic heterocycles. The van der Waals surface area contributed by atoms with E-state index in [1.165, 1.54) is 23.1 Å². The van der Waals surface area contributed by atoms with E-state index in [0.29, 0.717) is 6.54 Å². The molecule has 3 rings (SSSR count). The van der Waals surface area contributed by atoms with Crippen molar-refractivity contribution in [1.29, 1.82) is 0 Å². The predicted octanol–water partition coefficient (Wildman–Crippen LogP) is 4.62. The molecule has 3 aromatic rings. The van der Waals surface area contributed by atoms with E-state index in [0.717, 1.165) is 28.4 Å². The lowest BCUT2D eigenvalue weighted by molar-refractivity contribution is -0.139. The number of halogens is 2. The van der Waals surface area contributed by atoms with Gasteiger partial charge in [0.2, 0.25) is 11.8 Å². The Balaban J connectivity index is 2.02. The topological polar surface area (TPSA) is 86.8 Å². The first-order valence-electron chi connectivity index (χ1n) is 11.8. The van der Waals surface area contributed by atoms with E-state index in [-0.39, 0.29) is 28.1 Å². The van der Waals surface area contributed by atoms with E-state index in [9.17, 15) is 22.4 Å². The molecule has 0 aliphatic carbocycles. The summed E-state index contributed by atoms with van der Waals surface area (Å²) in [5.74, 6) is -1.68. The Labute approximate surface area is 221 Å². The summed E-state index contributed by atoms with van der Waals surface area (Å²) in [6.07, 6.45) is 0.722. The molecular formula is C27H29ClFN3O4S. The van der Waals surface area contributed by atoms with Crippen LogP contribution in [0.4, 0.5) is 10.1 Å². The summed E-state index contributed by atoms with van der Waals surface area (Å²) in [5.41, 5.74) is 0.791. The number of carbonyl (C=O) groups excluding carboxylic acids is 2. The van der Waals surface area contributed by atoms with Crippen molar-refractivity contribution in [2.24, 2.45) is 0 Å². The van der Waals surface area contributed by atoms with Gasteiger partial charge in [-0.1, -0.05) is 67.1 Å². The average molecular weight is 546 g/mol. The zero-order valence-corrected chi connectivity index (χ0v) is 22.2. The molecule has 0 aliphatic heterocycles. The molecule has 1 atom stereocenters. The maximum absolute atomic E-state index is 13.9. The quantitative estimate of drug-likeness (QED) is 0.381. The van der Waals surface area contributed by atoms with Crippen LogP contribution in [0.2, 0.25) is 5.02 Å². The molecule has 0 saturated heterocycles. The van der Waals surface area contributed by atoms with Crippen LogP contribution in [0.15, 0.2) is 83.8 Å². The number of nitrogens with zero attached hydrogens (tertiary/aromatic N) is 2. The average Bonchev–Trinajstić information content (AvgIpc) is 2.91. The van der Waals surface area contributed by atoms with Crippen LogP contribution < -0.4 is 9.62 Å². The monoisotopic (exact) mass is 545 g/mol. The Morgan fingerprint density at radius 3 is 2.22 bits per heavy atom. The van der Waals surface area contributed by atoms with Crippen LogP contribution in [0, 0.1) is 5.82 Å². The molecule has 0 aliphatic rings. The van der Waals surface area contributed by atoms with E-state index in [2.05, 4.69) is 5.32 Å². The summed E-state index contributed by atoms with van der Waals surface area (Å²) in [6, 6.07) is 19.2. The number of benzene rings is 3. The van der Waals surface area contributed by atoms with Gasteiger partial charge in [0.25, 0.3) is 10.0 Å². The zero-order valence-electron chi connectivity index (χ0n) is 20.6. The van der Waals surface area contributed by atoms with Crippen molar-refractivity contribution < 1.29 is 22.4 Å². The number of anilines is 1. The predicted molar refractivity (Wildman–Crippen MR) is 142 cm³/mol. The van der Waals surface area contributed by atoms with E-state index >= 15 is 0 Å². The van der Waals surface area contributed by atoms with Gasteiger partial charge in [-0.2, -0.15) is 0 Å². The second-order valence-corrected chi connectivity index (χ2v) is 10.7. The third-order valence-corrected chi connectivity index (χ3v) is 7.79. The van der Waals surface area contributed by atoms with Gasteiger partial charge in [-0.15, -0.1) is 0 Å². The molecular weight excluding hydrogens is 517 g/mol. The van der Waals surface area contributed by atoms with Gasteiger partial charge < -0.3 is 10.2 Å². The summed E-state index contributed by atoms with van der Waals surface area (Å²) in [7, 11) is -4.24. The van der Waals surface area contributed by atoms with Crippen molar-refractivity contribution in [3.8, 4) is 0 Å². The molecule has 1 unspecified atom stereocenters. The van der Waals surface area contributed by atoms with Crippen LogP contribution in [0.1, 0.15) is 25.8 Å². The number of nitrogens with one attached hydrogen (secondary N) is 1. The minimum Gasteiger partial charge on any atom is -0.354 e. The van der Waals surface area contributed by atoms with Gasteiger partial charge in [-0.25, -0.2) is 12.8 Å². The Morgan fingerprint density at radius 2 is 1.62 bits per heavy atom. The molecule has 0 saturated carbocycles. The smallest absolute Gasteiger partial charge is 0.264 e. The first-order valence-corrected chi connectivity index (χ1v) is 13.6. The molecule has 7 nitrogen and oxygen atoms in total. The second kappa shape index (κ2) is 12.7. The van der Waals surface area contributed by atoms with Crippen molar-refractivity contribution in [3.05, 3.63) is 95.3 Å². The fourth-order valence-electron chi connectivity index (χ4n) is 3.65. The molecule has 0 bridgehead atoms. The molecule has 37 heavy (non-hydrogen) atoms. The lowest BCUT2D eigenvalue weighted by Crippen LogP contribution is -2.51. The molecule has 0 radical (unpaired) electrons. The van der Waals surface area contributed by atoms with Crippen LogP contribution in [0.3, 0.4) is 0 Å². The van der Waals surface area contributed by atoms with Crippen molar-refractivity contribution >= 4 is 39.1 Å². The number of amides is 2. The van der Waals surface area contributed by atoms with Crippen molar-refractivity contribution in [2.75, 3.05) is 17.4 Å². The molecule has 3 aromatic carbocycles. The van der Waals surface area contributed by atoms with Gasteiger partial charge in [-0.3, -0.25) is 13.9 Å². The van der Waals surface area contributed by atoms with Gasteiger partial charge >= 0.3 is 0 Å². The third kappa shape index (κ3) is 7.08. The number of carbonyl (C=O) groups is 2. The summed E-state index contributed by atoms with van der Waals surface area (Å²) in [5, 5.41) is 2.50. The largest absolute Gasteiger partial charge is 0.354 e. The number of sulfonamides is 1. The van der Waals surface area contributed by atoms with Crippen LogP contribution in [-0.2, 0) is 26.2 Å². The Kier molecular flexibility index (Phi) is 9.66. The van der Waals surface area contributed by atoms with Gasteiger partial charge in [0.1, 0.15) is 18.4 Å². The highest BCUT2D eigenvalue weighted by molar-refractivity contribution is 7.92. The highest BCUT2D eigenvalue weighted by Crippen LogP contribution is 2.28. The van der Waals surface area contributed by atoms with E-state index in [1.807, 2.05) is 37.3 Å². The van der Waals surface area contributed by atoms with Gasteiger partial charge in [0.15, 0.2) is 0 Å². The van der Waals surface area contributed by atoms with Gasteiger partial charge in [-0.05, 0) is 49.2 Å². The standard InChI is InChI=1S/C27H29ClFN3O4S/c1-3-16-30-27(34)20(2)31(18-21-10-6-4-7-11-21)26(33)19-32(22-14-15-25(29)24(28)17-22)37(35,36)23-12-8-5-9-13-23/h4-15,17,20H,3,16,18-19H2,1-2H3,(H,30,34).